The average molecular weight is 1150 g/mol. The summed E-state index contributed by atoms with van der Waals surface area (Å²) in [6, 6.07) is -0.929. The summed E-state index contributed by atoms with van der Waals surface area (Å²) in [5, 5.41) is 87.3. The molecule has 2 aliphatic rings. The molecule has 2 saturated heterocycles. The second-order valence-corrected chi connectivity index (χ2v) is 24.3. The highest BCUT2D eigenvalue weighted by molar-refractivity contribution is 5.76. The highest BCUT2D eigenvalue weighted by atomic mass is 16.7. The molecule has 12 atom stereocenters. The van der Waals surface area contributed by atoms with Gasteiger partial charge in [-0.25, -0.2) is 0 Å². The van der Waals surface area contributed by atoms with Crippen LogP contribution in [0.3, 0.4) is 0 Å². The van der Waals surface area contributed by atoms with Crippen LogP contribution >= 0.6 is 0 Å². The summed E-state index contributed by atoms with van der Waals surface area (Å²) in [4.78, 5) is 13.3. The Bertz CT molecular complexity index is 1450. The smallest absolute Gasteiger partial charge is 0.220 e. The van der Waals surface area contributed by atoms with Crippen LogP contribution in [0, 0.1) is 0 Å². The third-order valence-electron chi connectivity index (χ3n) is 16.9. The molecule has 2 heterocycles. The number of hydrogen-bond acceptors (Lipinski definition) is 13. The highest BCUT2D eigenvalue weighted by Crippen LogP contribution is 2.30. The molecule has 9 N–H and O–H groups in total. The molecular weight excluding hydrogens is 1030 g/mol. The zero-order valence-electron chi connectivity index (χ0n) is 51.8. The molecule has 0 aromatic carbocycles. The minimum atomic E-state index is -1.79. The largest absolute Gasteiger partial charge is 0.394 e. The lowest BCUT2D eigenvalue weighted by molar-refractivity contribution is -0.359. The Kier molecular flexibility index (Phi) is 49.2. The van der Waals surface area contributed by atoms with Gasteiger partial charge in [0.2, 0.25) is 5.91 Å². The molecule has 0 aliphatic carbocycles. The summed E-state index contributed by atoms with van der Waals surface area (Å²) in [6.07, 6.45) is 48.1. The highest BCUT2D eigenvalue weighted by Gasteiger charge is 2.51. The van der Waals surface area contributed by atoms with Crippen LogP contribution in [0.25, 0.3) is 0 Å². The van der Waals surface area contributed by atoms with Crippen LogP contribution in [-0.2, 0) is 23.7 Å². The van der Waals surface area contributed by atoms with E-state index in [2.05, 4.69) is 31.3 Å². The molecular formula is C67H127NO13. The number of allylic oxidation sites excluding steroid dienone is 3. The third kappa shape index (κ3) is 37.6. The Balaban J connectivity index is 1.71. The topological polar surface area (TPSA) is 228 Å². The molecule has 0 radical (unpaired) electrons. The summed E-state index contributed by atoms with van der Waals surface area (Å²) < 4.78 is 22.8. The lowest BCUT2D eigenvalue weighted by Gasteiger charge is -2.46. The first-order chi connectivity index (χ1) is 39.6. The Morgan fingerprint density at radius 2 is 0.790 bits per heavy atom. The maximum absolute atomic E-state index is 13.3. The van der Waals surface area contributed by atoms with E-state index in [1.165, 1.54) is 238 Å². The van der Waals surface area contributed by atoms with Gasteiger partial charge in [-0.1, -0.05) is 289 Å². The van der Waals surface area contributed by atoms with Crippen molar-refractivity contribution in [2.24, 2.45) is 0 Å². The first kappa shape index (κ1) is 75.6. The number of unbranched alkanes of at least 4 members (excludes halogenated alkanes) is 41. The van der Waals surface area contributed by atoms with E-state index in [1.807, 2.05) is 6.08 Å². The van der Waals surface area contributed by atoms with Gasteiger partial charge in [0.05, 0.1) is 32.0 Å². The van der Waals surface area contributed by atoms with E-state index in [4.69, 9.17) is 18.9 Å². The summed E-state index contributed by atoms with van der Waals surface area (Å²) in [6.45, 7) is 2.83. The van der Waals surface area contributed by atoms with Crippen molar-refractivity contribution in [1.29, 1.82) is 0 Å². The number of hydrogen-bond donors (Lipinski definition) is 9. The number of carbonyl (C=O) groups excluding carboxylic acids is 1. The predicted molar refractivity (Wildman–Crippen MR) is 328 cm³/mol. The van der Waals surface area contributed by atoms with Crippen molar-refractivity contribution in [3.8, 4) is 0 Å². The van der Waals surface area contributed by atoms with Gasteiger partial charge in [-0.05, 0) is 32.1 Å². The molecule has 0 bridgehead atoms. The third-order valence-corrected chi connectivity index (χ3v) is 16.9. The molecule has 478 valence electrons. The molecule has 2 aliphatic heterocycles. The van der Waals surface area contributed by atoms with Gasteiger partial charge in [0.15, 0.2) is 12.6 Å². The summed E-state index contributed by atoms with van der Waals surface area (Å²) in [5.41, 5.74) is 0. The lowest BCUT2D eigenvalue weighted by atomic mass is 9.97. The molecule has 14 nitrogen and oxygen atoms in total. The van der Waals surface area contributed by atoms with Gasteiger partial charge < -0.3 is 65.1 Å². The van der Waals surface area contributed by atoms with E-state index >= 15 is 0 Å². The van der Waals surface area contributed by atoms with Gasteiger partial charge in [-0.2, -0.15) is 0 Å². The van der Waals surface area contributed by atoms with Crippen molar-refractivity contribution < 1.29 is 64.6 Å². The number of rotatable bonds is 56. The second-order valence-electron chi connectivity index (χ2n) is 24.3. The van der Waals surface area contributed by atoms with Gasteiger partial charge in [-0.3, -0.25) is 4.79 Å². The molecule has 0 aromatic heterocycles. The molecule has 2 rings (SSSR count). The van der Waals surface area contributed by atoms with Gasteiger partial charge in [0.25, 0.3) is 0 Å². The van der Waals surface area contributed by atoms with E-state index in [0.717, 1.165) is 32.1 Å². The molecule has 1 amide bonds. The SMILES string of the molecule is CCCCCCCCCCCCCCCCCCCCCCC/C=C/CC/C=C/C(O)C(COC1OC(CO)C(OC2OC(CO)C(O)C(O)C2O)C(O)C1O)NC(=O)CCCCCCCCCCCCCCCCCCCCCC. The number of carbonyl (C=O) groups is 1. The monoisotopic (exact) mass is 1150 g/mol. The van der Waals surface area contributed by atoms with Crippen molar-refractivity contribution in [1.82, 2.24) is 5.32 Å². The Hall–Kier alpha value is -1.53. The fourth-order valence-corrected chi connectivity index (χ4v) is 11.4. The molecule has 12 unspecified atom stereocenters. The first-order valence-corrected chi connectivity index (χ1v) is 34.1. The fourth-order valence-electron chi connectivity index (χ4n) is 11.4. The molecule has 2 fully saturated rings. The fraction of sp³-hybridized carbons (Fsp3) is 0.925. The Morgan fingerprint density at radius 3 is 1.21 bits per heavy atom. The zero-order valence-corrected chi connectivity index (χ0v) is 51.8. The Morgan fingerprint density at radius 1 is 0.432 bits per heavy atom. The summed E-state index contributed by atoms with van der Waals surface area (Å²) >= 11 is 0. The van der Waals surface area contributed by atoms with Gasteiger partial charge in [-0.15, -0.1) is 0 Å². The van der Waals surface area contributed by atoms with Crippen molar-refractivity contribution in [3.63, 3.8) is 0 Å². The van der Waals surface area contributed by atoms with E-state index in [-0.39, 0.29) is 18.9 Å². The molecule has 81 heavy (non-hydrogen) atoms. The maximum Gasteiger partial charge on any atom is 0.220 e. The van der Waals surface area contributed by atoms with Gasteiger partial charge in [0.1, 0.15) is 48.8 Å². The minimum absolute atomic E-state index is 0.243. The van der Waals surface area contributed by atoms with Crippen LogP contribution in [0.5, 0.6) is 0 Å². The van der Waals surface area contributed by atoms with Crippen LogP contribution in [0.1, 0.15) is 303 Å². The number of ether oxygens (including phenoxy) is 4. The zero-order chi connectivity index (χ0) is 58.8. The number of amides is 1. The number of aliphatic hydroxyl groups is 8. The van der Waals surface area contributed by atoms with Crippen molar-refractivity contribution in [2.75, 3.05) is 19.8 Å². The van der Waals surface area contributed by atoms with Crippen molar-refractivity contribution in [3.05, 3.63) is 24.3 Å². The van der Waals surface area contributed by atoms with Crippen LogP contribution in [0.4, 0.5) is 0 Å². The van der Waals surface area contributed by atoms with Crippen LogP contribution in [-0.4, -0.2) is 140 Å². The second kappa shape index (κ2) is 52.8. The van der Waals surface area contributed by atoms with Crippen LogP contribution < -0.4 is 5.32 Å². The average Bonchev–Trinajstić information content (AvgIpc) is 3.63. The Labute approximate surface area is 494 Å². The van der Waals surface area contributed by atoms with Gasteiger partial charge in [0, 0.05) is 6.42 Å². The summed E-state index contributed by atoms with van der Waals surface area (Å²) in [5.74, 6) is -0.243. The molecule has 14 heteroatoms. The van der Waals surface area contributed by atoms with E-state index in [0.29, 0.717) is 12.8 Å². The van der Waals surface area contributed by atoms with E-state index < -0.39 is 86.8 Å². The molecule has 0 saturated carbocycles. The lowest BCUT2D eigenvalue weighted by Crippen LogP contribution is -2.65. The quantitative estimate of drug-likeness (QED) is 0.0204. The van der Waals surface area contributed by atoms with E-state index in [9.17, 15) is 45.6 Å². The minimum Gasteiger partial charge on any atom is -0.394 e. The van der Waals surface area contributed by atoms with E-state index in [1.54, 1.807) is 6.08 Å². The molecule has 0 spiro atoms. The van der Waals surface area contributed by atoms with Gasteiger partial charge >= 0.3 is 0 Å². The maximum atomic E-state index is 13.3. The first-order valence-electron chi connectivity index (χ1n) is 34.1. The number of nitrogens with one attached hydrogen (secondary N) is 1. The summed E-state index contributed by atoms with van der Waals surface area (Å²) in [7, 11) is 0. The van der Waals surface area contributed by atoms with Crippen LogP contribution in [0.2, 0.25) is 0 Å². The standard InChI is InChI=1S/C67H127NO13/c1-3-5-7-9-11-13-15-17-19-21-23-25-26-27-28-29-30-31-32-34-36-38-40-42-44-46-48-50-56(71)55(68-59(72)51-49-47-45-43-41-39-37-35-33-24-22-20-18-16-14-12-10-8-6-4-2)54-78-66-64(77)62(75)65(58(53-70)80-66)81-67-63(76)61(74)60(73)57(52-69)79-67/h40,42,48,50,55-58,60-67,69-71,73-77H,3-39,41,43-47,49,51-54H2,1-2H3,(H,68,72)/b42-40+,50-48+. The normalized spacial score (nSPS) is 24.2. The number of aliphatic hydroxyl groups excluding tert-OH is 8. The van der Waals surface area contributed by atoms with Crippen molar-refractivity contribution in [2.45, 2.75) is 376 Å². The van der Waals surface area contributed by atoms with Crippen molar-refractivity contribution >= 4 is 5.91 Å². The molecule has 0 aromatic rings. The van der Waals surface area contributed by atoms with Crippen LogP contribution in [0.15, 0.2) is 24.3 Å². The predicted octanol–water partition coefficient (Wildman–Crippen LogP) is 13.2.